The van der Waals surface area contributed by atoms with Crippen molar-refractivity contribution in [3.05, 3.63) is 29.8 Å². The molecule has 1 saturated heterocycles. The molecule has 0 saturated carbocycles. The van der Waals surface area contributed by atoms with Crippen molar-refractivity contribution in [2.45, 2.75) is 0 Å². The van der Waals surface area contributed by atoms with Gasteiger partial charge in [0.05, 0.1) is 18.9 Å². The molecule has 76 valence electrons. The van der Waals surface area contributed by atoms with Gasteiger partial charge in [-0.1, -0.05) is 0 Å². The lowest BCUT2D eigenvalue weighted by Gasteiger charge is -2.29. The van der Waals surface area contributed by atoms with Gasteiger partial charge in [-0.25, -0.2) is 8.78 Å². The Kier molecular flexibility index (Phi) is 2.63. The van der Waals surface area contributed by atoms with Crippen LogP contribution in [0.1, 0.15) is 0 Å². The highest BCUT2D eigenvalue weighted by molar-refractivity contribution is 5.48. The maximum Gasteiger partial charge on any atom is 0.149 e. The van der Waals surface area contributed by atoms with Gasteiger partial charge < -0.3 is 9.64 Å². The first-order valence-electron chi connectivity index (χ1n) is 4.55. The molecule has 0 amide bonds. The largest absolute Gasteiger partial charge is 0.378 e. The van der Waals surface area contributed by atoms with Crippen LogP contribution in [-0.2, 0) is 4.74 Å². The van der Waals surface area contributed by atoms with E-state index in [-0.39, 0.29) is 0 Å². The van der Waals surface area contributed by atoms with Crippen LogP contribution in [0.5, 0.6) is 0 Å². The third kappa shape index (κ3) is 1.85. The molecule has 1 aromatic carbocycles. The summed E-state index contributed by atoms with van der Waals surface area (Å²) in [6.07, 6.45) is 0. The van der Waals surface area contributed by atoms with Crippen LogP contribution >= 0.6 is 0 Å². The molecule has 4 heteroatoms. The zero-order valence-corrected chi connectivity index (χ0v) is 7.67. The number of hydrogen-bond acceptors (Lipinski definition) is 2. The second-order valence-electron chi connectivity index (χ2n) is 3.20. The molecule has 0 atom stereocenters. The zero-order chi connectivity index (χ0) is 9.97. The van der Waals surface area contributed by atoms with Gasteiger partial charge in [-0.3, -0.25) is 0 Å². The van der Waals surface area contributed by atoms with Gasteiger partial charge in [-0.15, -0.1) is 0 Å². The molecule has 0 N–H and O–H groups in total. The summed E-state index contributed by atoms with van der Waals surface area (Å²) >= 11 is 0. The minimum atomic E-state index is -0.542. The molecule has 1 fully saturated rings. The summed E-state index contributed by atoms with van der Waals surface area (Å²) in [7, 11) is 0. The third-order valence-corrected chi connectivity index (χ3v) is 2.26. The van der Waals surface area contributed by atoms with E-state index in [1.165, 1.54) is 12.1 Å². The van der Waals surface area contributed by atoms with Crippen LogP contribution in [0.25, 0.3) is 0 Å². The normalized spacial score (nSPS) is 17.1. The molecule has 0 aliphatic carbocycles. The molecule has 2 rings (SSSR count). The molecular weight excluding hydrogens is 188 g/mol. The second-order valence-corrected chi connectivity index (χ2v) is 3.20. The topological polar surface area (TPSA) is 12.5 Å². The average Bonchev–Trinajstić information content (AvgIpc) is 2.19. The van der Waals surface area contributed by atoms with Crippen LogP contribution in [0, 0.1) is 11.6 Å². The van der Waals surface area contributed by atoms with Crippen LogP contribution < -0.4 is 4.90 Å². The Hall–Kier alpha value is -1.16. The molecule has 1 aliphatic rings. The number of benzene rings is 1. The maximum atomic E-state index is 13.3. The fourth-order valence-electron chi connectivity index (χ4n) is 1.54. The molecule has 14 heavy (non-hydrogen) atoms. The SMILES string of the molecule is Fc1ccc(N2CCOCC2)c(F)c1. The Morgan fingerprint density at radius 1 is 1.14 bits per heavy atom. The molecular formula is C10H11F2NO. The van der Waals surface area contributed by atoms with Crippen molar-refractivity contribution < 1.29 is 13.5 Å². The fraction of sp³-hybridized carbons (Fsp3) is 0.400. The third-order valence-electron chi connectivity index (χ3n) is 2.26. The van der Waals surface area contributed by atoms with E-state index < -0.39 is 11.6 Å². The van der Waals surface area contributed by atoms with Gasteiger partial charge >= 0.3 is 0 Å². The summed E-state index contributed by atoms with van der Waals surface area (Å²) in [5.41, 5.74) is 0.453. The van der Waals surface area contributed by atoms with Gasteiger partial charge in [-0.05, 0) is 12.1 Å². The lowest BCUT2D eigenvalue weighted by atomic mass is 10.2. The predicted molar refractivity (Wildman–Crippen MR) is 49.4 cm³/mol. The lowest BCUT2D eigenvalue weighted by molar-refractivity contribution is 0.122. The van der Waals surface area contributed by atoms with Crippen LogP contribution in [0.3, 0.4) is 0 Å². The summed E-state index contributed by atoms with van der Waals surface area (Å²) in [5.74, 6) is -1.05. The number of anilines is 1. The Bertz CT molecular complexity index is 324. The first kappa shape index (κ1) is 9.40. The number of nitrogens with zero attached hydrogens (tertiary/aromatic N) is 1. The quantitative estimate of drug-likeness (QED) is 0.683. The van der Waals surface area contributed by atoms with Gasteiger partial charge in [0.25, 0.3) is 0 Å². The van der Waals surface area contributed by atoms with Crippen molar-refractivity contribution in [2.24, 2.45) is 0 Å². The van der Waals surface area contributed by atoms with Crippen LogP contribution in [0.4, 0.5) is 14.5 Å². The smallest absolute Gasteiger partial charge is 0.149 e. The van der Waals surface area contributed by atoms with Gasteiger partial charge in [-0.2, -0.15) is 0 Å². The monoisotopic (exact) mass is 199 g/mol. The standard InChI is InChI=1S/C10H11F2NO/c11-8-1-2-10(9(12)7-8)13-3-5-14-6-4-13/h1-2,7H,3-6H2. The van der Waals surface area contributed by atoms with Crippen LogP contribution in [-0.4, -0.2) is 26.3 Å². The second kappa shape index (κ2) is 3.92. The molecule has 1 aromatic rings. The Balaban J connectivity index is 2.22. The van der Waals surface area contributed by atoms with Crippen molar-refractivity contribution >= 4 is 5.69 Å². The summed E-state index contributed by atoms with van der Waals surface area (Å²) in [6.45, 7) is 2.50. The van der Waals surface area contributed by atoms with Crippen molar-refractivity contribution in [2.75, 3.05) is 31.2 Å². The van der Waals surface area contributed by atoms with Crippen molar-refractivity contribution in [3.63, 3.8) is 0 Å². The highest BCUT2D eigenvalue weighted by Gasteiger charge is 2.14. The van der Waals surface area contributed by atoms with E-state index in [1.807, 2.05) is 4.90 Å². The van der Waals surface area contributed by atoms with Crippen LogP contribution in [0.2, 0.25) is 0 Å². The van der Waals surface area contributed by atoms with Gasteiger partial charge in [0, 0.05) is 19.2 Å². The minimum Gasteiger partial charge on any atom is -0.378 e. The van der Waals surface area contributed by atoms with E-state index in [1.54, 1.807) is 0 Å². The zero-order valence-electron chi connectivity index (χ0n) is 7.67. The number of hydrogen-bond donors (Lipinski definition) is 0. The summed E-state index contributed by atoms with van der Waals surface area (Å²) in [5, 5.41) is 0. The van der Waals surface area contributed by atoms with Crippen molar-refractivity contribution in [1.82, 2.24) is 0 Å². The molecule has 0 bridgehead atoms. The molecule has 1 aliphatic heterocycles. The molecule has 0 aromatic heterocycles. The highest BCUT2D eigenvalue weighted by Crippen LogP contribution is 2.20. The first-order valence-corrected chi connectivity index (χ1v) is 4.55. The Labute approximate surface area is 81.1 Å². The van der Waals surface area contributed by atoms with E-state index in [4.69, 9.17) is 4.74 Å². The number of halogens is 2. The van der Waals surface area contributed by atoms with Crippen LogP contribution in [0.15, 0.2) is 18.2 Å². The Morgan fingerprint density at radius 2 is 1.86 bits per heavy atom. The van der Waals surface area contributed by atoms with E-state index in [9.17, 15) is 8.78 Å². The maximum absolute atomic E-state index is 13.3. The van der Waals surface area contributed by atoms with Crippen molar-refractivity contribution in [3.8, 4) is 0 Å². The van der Waals surface area contributed by atoms with Gasteiger partial charge in [0.2, 0.25) is 0 Å². The molecule has 0 spiro atoms. The van der Waals surface area contributed by atoms with Crippen molar-refractivity contribution in [1.29, 1.82) is 0 Å². The minimum absolute atomic E-state index is 0.453. The predicted octanol–water partition coefficient (Wildman–Crippen LogP) is 1.80. The molecule has 2 nitrogen and oxygen atoms in total. The van der Waals surface area contributed by atoms with E-state index in [0.717, 1.165) is 6.07 Å². The Morgan fingerprint density at radius 3 is 2.50 bits per heavy atom. The molecule has 1 heterocycles. The summed E-state index contributed by atoms with van der Waals surface area (Å²) in [6, 6.07) is 3.65. The number of ether oxygens (including phenoxy) is 1. The first-order chi connectivity index (χ1) is 6.77. The summed E-state index contributed by atoms with van der Waals surface area (Å²) < 4.78 is 31.1. The molecule has 0 unspecified atom stereocenters. The summed E-state index contributed by atoms with van der Waals surface area (Å²) in [4.78, 5) is 1.86. The van der Waals surface area contributed by atoms with E-state index in [0.29, 0.717) is 32.0 Å². The molecule has 0 radical (unpaired) electrons. The van der Waals surface area contributed by atoms with Gasteiger partial charge in [0.1, 0.15) is 11.6 Å². The fourth-order valence-corrected chi connectivity index (χ4v) is 1.54. The van der Waals surface area contributed by atoms with Gasteiger partial charge in [0.15, 0.2) is 0 Å². The van der Waals surface area contributed by atoms with E-state index >= 15 is 0 Å². The highest BCUT2D eigenvalue weighted by atomic mass is 19.1. The van der Waals surface area contributed by atoms with E-state index in [2.05, 4.69) is 0 Å². The average molecular weight is 199 g/mol. The number of morpholine rings is 1. The lowest BCUT2D eigenvalue weighted by Crippen LogP contribution is -2.36. The number of rotatable bonds is 1.